The molecule has 0 aliphatic carbocycles. The Bertz CT molecular complexity index is 427. The number of aryl methyl sites for hydroxylation is 2. The molecule has 2 aromatic rings. The van der Waals surface area contributed by atoms with E-state index in [4.69, 9.17) is 4.52 Å². The number of aromatic amines is 1. The minimum absolute atomic E-state index is 0.257. The summed E-state index contributed by atoms with van der Waals surface area (Å²) in [5.41, 5.74) is 3.23. The summed E-state index contributed by atoms with van der Waals surface area (Å²) in [6.45, 7) is 6.74. The van der Waals surface area contributed by atoms with Crippen LogP contribution in [0.4, 0.5) is 0 Å². The van der Waals surface area contributed by atoms with Gasteiger partial charge in [0, 0.05) is 29.9 Å². The Hall–Kier alpha value is -1.62. The zero-order chi connectivity index (χ0) is 11.5. The fourth-order valence-corrected chi connectivity index (χ4v) is 1.62. The Kier molecular flexibility index (Phi) is 3.05. The number of H-pyrrole nitrogens is 1. The molecule has 0 aromatic carbocycles. The maximum atomic E-state index is 5.11. The van der Waals surface area contributed by atoms with Gasteiger partial charge in [-0.15, -0.1) is 0 Å². The molecule has 2 heterocycles. The van der Waals surface area contributed by atoms with Gasteiger partial charge in [-0.25, -0.2) is 0 Å². The van der Waals surface area contributed by atoms with Crippen LogP contribution in [0.3, 0.4) is 0 Å². The zero-order valence-electron chi connectivity index (χ0n) is 9.74. The number of hydrogen-bond acceptors (Lipinski definition) is 4. The topological polar surface area (TPSA) is 66.7 Å². The highest BCUT2D eigenvalue weighted by atomic mass is 16.5. The number of hydrogen-bond donors (Lipinski definition) is 2. The Morgan fingerprint density at radius 3 is 2.88 bits per heavy atom. The molecule has 0 fully saturated rings. The molecule has 2 aromatic heterocycles. The van der Waals surface area contributed by atoms with Crippen LogP contribution in [0.25, 0.3) is 0 Å². The number of nitrogens with zero attached hydrogens (tertiary/aromatic N) is 2. The molecule has 1 unspecified atom stereocenters. The highest BCUT2D eigenvalue weighted by Gasteiger charge is 2.11. The summed E-state index contributed by atoms with van der Waals surface area (Å²) in [4.78, 5) is 0. The molecular formula is C11H16N4O. The minimum atomic E-state index is 0.257. The molecule has 0 spiro atoms. The van der Waals surface area contributed by atoms with E-state index >= 15 is 0 Å². The predicted molar refractivity (Wildman–Crippen MR) is 59.8 cm³/mol. The molecule has 0 bridgehead atoms. The molecule has 0 aliphatic rings. The smallest absolute Gasteiger partial charge is 0.138 e. The van der Waals surface area contributed by atoms with E-state index in [-0.39, 0.29) is 6.04 Å². The Morgan fingerprint density at radius 1 is 1.50 bits per heavy atom. The van der Waals surface area contributed by atoms with E-state index < -0.39 is 0 Å². The lowest BCUT2D eigenvalue weighted by Crippen LogP contribution is -2.18. The van der Waals surface area contributed by atoms with Crippen LogP contribution in [0, 0.1) is 13.8 Å². The van der Waals surface area contributed by atoms with Gasteiger partial charge in [0.1, 0.15) is 5.76 Å². The van der Waals surface area contributed by atoms with E-state index in [1.807, 2.05) is 26.2 Å². The average Bonchev–Trinajstić information content (AvgIpc) is 2.87. The molecule has 1 atom stereocenters. The average molecular weight is 220 g/mol. The molecule has 0 aliphatic heterocycles. The van der Waals surface area contributed by atoms with Crippen molar-refractivity contribution in [2.24, 2.45) is 0 Å². The van der Waals surface area contributed by atoms with Gasteiger partial charge in [0.25, 0.3) is 0 Å². The summed E-state index contributed by atoms with van der Waals surface area (Å²) in [5.74, 6) is 0.879. The molecule has 86 valence electrons. The van der Waals surface area contributed by atoms with Crippen molar-refractivity contribution in [1.82, 2.24) is 20.7 Å². The predicted octanol–water partition coefficient (Wildman–Crippen LogP) is 1.87. The minimum Gasteiger partial charge on any atom is -0.361 e. The summed E-state index contributed by atoms with van der Waals surface area (Å²) < 4.78 is 5.11. The van der Waals surface area contributed by atoms with Crippen molar-refractivity contribution in [3.63, 3.8) is 0 Å². The van der Waals surface area contributed by atoms with Crippen LogP contribution in [-0.4, -0.2) is 15.4 Å². The Balaban J connectivity index is 1.98. The van der Waals surface area contributed by atoms with Crippen molar-refractivity contribution in [2.75, 3.05) is 0 Å². The van der Waals surface area contributed by atoms with Crippen LogP contribution >= 0.6 is 0 Å². The van der Waals surface area contributed by atoms with Gasteiger partial charge in [-0.3, -0.25) is 5.10 Å². The summed E-state index contributed by atoms with van der Waals surface area (Å²) in [5, 5.41) is 14.1. The summed E-state index contributed by atoms with van der Waals surface area (Å²) in [7, 11) is 0. The van der Waals surface area contributed by atoms with Gasteiger partial charge in [-0.2, -0.15) is 5.10 Å². The van der Waals surface area contributed by atoms with E-state index in [9.17, 15) is 0 Å². The second-order valence-electron chi connectivity index (χ2n) is 3.94. The highest BCUT2D eigenvalue weighted by molar-refractivity contribution is 5.21. The van der Waals surface area contributed by atoms with E-state index in [0.29, 0.717) is 0 Å². The quantitative estimate of drug-likeness (QED) is 0.825. The van der Waals surface area contributed by atoms with Gasteiger partial charge < -0.3 is 9.84 Å². The first-order valence-electron chi connectivity index (χ1n) is 5.32. The normalized spacial score (nSPS) is 12.9. The first-order valence-corrected chi connectivity index (χ1v) is 5.32. The van der Waals surface area contributed by atoms with Gasteiger partial charge in [0.05, 0.1) is 11.9 Å². The van der Waals surface area contributed by atoms with Crippen LogP contribution in [0.5, 0.6) is 0 Å². The van der Waals surface area contributed by atoms with Crippen molar-refractivity contribution in [1.29, 1.82) is 0 Å². The number of nitrogens with one attached hydrogen (secondary N) is 2. The summed E-state index contributed by atoms with van der Waals surface area (Å²) >= 11 is 0. The van der Waals surface area contributed by atoms with E-state index in [0.717, 1.165) is 29.1 Å². The third-order valence-corrected chi connectivity index (χ3v) is 2.79. The number of aromatic nitrogens is 3. The van der Waals surface area contributed by atoms with Gasteiger partial charge in [-0.05, 0) is 20.8 Å². The van der Waals surface area contributed by atoms with Crippen LogP contribution < -0.4 is 5.32 Å². The standard InChI is InChI=1S/C11H16N4O/c1-7(10-4-13-14-5-10)12-6-11-8(2)15-16-9(11)3/h4-5,7,12H,6H2,1-3H3,(H,13,14). The van der Waals surface area contributed by atoms with Gasteiger partial charge >= 0.3 is 0 Å². The van der Waals surface area contributed by atoms with Crippen LogP contribution in [0.15, 0.2) is 16.9 Å². The van der Waals surface area contributed by atoms with Gasteiger partial charge in [0.15, 0.2) is 0 Å². The Morgan fingerprint density at radius 2 is 2.31 bits per heavy atom. The lowest BCUT2D eigenvalue weighted by Gasteiger charge is -2.11. The molecule has 0 amide bonds. The van der Waals surface area contributed by atoms with Gasteiger partial charge in [0.2, 0.25) is 0 Å². The highest BCUT2D eigenvalue weighted by Crippen LogP contribution is 2.15. The second kappa shape index (κ2) is 4.49. The summed E-state index contributed by atoms with van der Waals surface area (Å²) in [6.07, 6.45) is 3.72. The van der Waals surface area contributed by atoms with E-state index in [1.165, 1.54) is 0 Å². The van der Waals surface area contributed by atoms with Crippen molar-refractivity contribution in [3.05, 3.63) is 35.0 Å². The molecular weight excluding hydrogens is 204 g/mol. The lowest BCUT2D eigenvalue weighted by atomic mass is 10.1. The van der Waals surface area contributed by atoms with E-state index in [1.54, 1.807) is 0 Å². The van der Waals surface area contributed by atoms with Crippen molar-refractivity contribution >= 4 is 0 Å². The fourth-order valence-electron chi connectivity index (χ4n) is 1.62. The van der Waals surface area contributed by atoms with Crippen molar-refractivity contribution in [3.8, 4) is 0 Å². The van der Waals surface area contributed by atoms with Gasteiger partial charge in [-0.1, -0.05) is 5.16 Å². The SMILES string of the molecule is Cc1noc(C)c1CNC(C)c1cn[nH]c1. The number of rotatable bonds is 4. The van der Waals surface area contributed by atoms with Crippen molar-refractivity contribution < 1.29 is 4.52 Å². The molecule has 0 saturated heterocycles. The molecule has 16 heavy (non-hydrogen) atoms. The lowest BCUT2D eigenvalue weighted by molar-refractivity contribution is 0.391. The molecule has 2 N–H and O–H groups in total. The third kappa shape index (κ3) is 2.14. The van der Waals surface area contributed by atoms with Crippen LogP contribution in [0.2, 0.25) is 0 Å². The first kappa shape index (κ1) is 10.9. The largest absolute Gasteiger partial charge is 0.361 e. The monoisotopic (exact) mass is 220 g/mol. The molecule has 2 rings (SSSR count). The van der Waals surface area contributed by atoms with Crippen LogP contribution in [-0.2, 0) is 6.54 Å². The zero-order valence-corrected chi connectivity index (χ0v) is 9.74. The van der Waals surface area contributed by atoms with E-state index in [2.05, 4.69) is 27.6 Å². The maximum Gasteiger partial charge on any atom is 0.138 e. The second-order valence-corrected chi connectivity index (χ2v) is 3.94. The fraction of sp³-hybridized carbons (Fsp3) is 0.455. The van der Waals surface area contributed by atoms with Crippen molar-refractivity contribution in [2.45, 2.75) is 33.4 Å². The molecule has 5 heteroatoms. The third-order valence-electron chi connectivity index (χ3n) is 2.79. The van der Waals surface area contributed by atoms with Crippen LogP contribution in [0.1, 0.15) is 35.5 Å². The maximum absolute atomic E-state index is 5.11. The first-order chi connectivity index (χ1) is 7.68. The Labute approximate surface area is 94.2 Å². The molecule has 5 nitrogen and oxygen atoms in total. The summed E-state index contributed by atoms with van der Waals surface area (Å²) in [6, 6.07) is 0.257. The molecule has 0 saturated carbocycles. The molecule has 0 radical (unpaired) electrons.